The molecule has 0 atom stereocenters. The van der Waals surface area contributed by atoms with Crippen LogP contribution in [-0.4, -0.2) is 41.2 Å². The number of hydrogen-bond acceptors (Lipinski definition) is 6. The first kappa shape index (κ1) is 19.4. The molecule has 5 nitrogen and oxygen atoms in total. The lowest BCUT2D eigenvalue weighted by Gasteiger charge is -2.30. The third kappa shape index (κ3) is 4.37. The summed E-state index contributed by atoms with van der Waals surface area (Å²) in [5, 5.41) is 10.9. The number of thiophene rings is 1. The number of piperidine rings is 1. The average molecular weight is 434 g/mol. The van der Waals surface area contributed by atoms with Gasteiger partial charge in [0.25, 0.3) is 5.91 Å². The first-order chi connectivity index (χ1) is 13.6. The topological polar surface area (TPSA) is 55.3 Å². The second kappa shape index (κ2) is 8.59. The molecule has 1 amide bonds. The molecule has 146 valence electrons. The number of rotatable bonds is 5. The number of nitrogens with zero attached hydrogens (tertiary/aromatic N) is 3. The minimum atomic E-state index is 0.0767. The van der Waals surface area contributed by atoms with Crippen molar-refractivity contribution in [2.75, 3.05) is 20.2 Å². The van der Waals surface area contributed by atoms with Crippen LogP contribution in [0.5, 0.6) is 5.75 Å². The summed E-state index contributed by atoms with van der Waals surface area (Å²) in [5.41, 5.74) is 1.19. The molecule has 0 spiro atoms. The van der Waals surface area contributed by atoms with E-state index in [0.717, 1.165) is 48.1 Å². The van der Waals surface area contributed by atoms with Crippen molar-refractivity contribution in [2.45, 2.75) is 25.2 Å². The van der Waals surface area contributed by atoms with E-state index in [-0.39, 0.29) is 5.91 Å². The number of ether oxygens (including phenoxy) is 1. The molecule has 1 saturated heterocycles. The Balaban J connectivity index is 1.34. The van der Waals surface area contributed by atoms with Crippen molar-refractivity contribution in [3.05, 3.63) is 61.2 Å². The number of carbonyl (C=O) groups is 1. The average Bonchev–Trinajstić information content (AvgIpc) is 3.37. The number of hydrogen-bond donors (Lipinski definition) is 0. The van der Waals surface area contributed by atoms with Crippen molar-refractivity contribution in [2.24, 2.45) is 0 Å². The highest BCUT2D eigenvalue weighted by atomic mass is 35.5. The van der Waals surface area contributed by atoms with Gasteiger partial charge in [-0.2, -0.15) is 0 Å². The minimum absolute atomic E-state index is 0.0767. The van der Waals surface area contributed by atoms with Gasteiger partial charge in [0, 0.05) is 25.4 Å². The van der Waals surface area contributed by atoms with E-state index in [2.05, 4.69) is 22.3 Å². The van der Waals surface area contributed by atoms with Gasteiger partial charge in [0.1, 0.15) is 15.8 Å². The predicted molar refractivity (Wildman–Crippen MR) is 113 cm³/mol. The molecule has 1 aliphatic heterocycles. The van der Waals surface area contributed by atoms with E-state index >= 15 is 0 Å². The molecule has 1 aromatic carbocycles. The Morgan fingerprint density at radius 3 is 2.54 bits per heavy atom. The second-order valence-electron chi connectivity index (χ2n) is 6.73. The van der Waals surface area contributed by atoms with Gasteiger partial charge in [-0.25, -0.2) is 0 Å². The predicted octanol–water partition coefficient (Wildman–Crippen LogP) is 4.87. The Morgan fingerprint density at radius 1 is 1.14 bits per heavy atom. The van der Waals surface area contributed by atoms with E-state index in [1.807, 2.05) is 17.0 Å². The summed E-state index contributed by atoms with van der Waals surface area (Å²) >= 11 is 8.97. The zero-order valence-corrected chi connectivity index (χ0v) is 17.8. The maximum Gasteiger partial charge on any atom is 0.263 e. The van der Waals surface area contributed by atoms with Gasteiger partial charge in [0.2, 0.25) is 0 Å². The van der Waals surface area contributed by atoms with E-state index < -0.39 is 0 Å². The molecular weight excluding hydrogens is 414 g/mol. The highest BCUT2D eigenvalue weighted by Crippen LogP contribution is 2.32. The molecule has 8 heteroatoms. The monoisotopic (exact) mass is 433 g/mol. The molecule has 0 aliphatic carbocycles. The number of methoxy groups -OCH3 is 1. The van der Waals surface area contributed by atoms with Gasteiger partial charge in [0.15, 0.2) is 0 Å². The number of aromatic nitrogens is 2. The van der Waals surface area contributed by atoms with Crippen LogP contribution in [0, 0.1) is 0 Å². The summed E-state index contributed by atoms with van der Waals surface area (Å²) in [6.45, 7) is 1.48. The van der Waals surface area contributed by atoms with Crippen LogP contribution in [0.4, 0.5) is 0 Å². The van der Waals surface area contributed by atoms with E-state index in [1.165, 1.54) is 16.9 Å². The van der Waals surface area contributed by atoms with Gasteiger partial charge in [-0.3, -0.25) is 4.79 Å². The molecule has 3 aromatic rings. The Bertz CT molecular complexity index is 947. The fraction of sp³-hybridized carbons (Fsp3) is 0.350. The van der Waals surface area contributed by atoms with Gasteiger partial charge < -0.3 is 9.64 Å². The van der Waals surface area contributed by atoms with Crippen molar-refractivity contribution < 1.29 is 9.53 Å². The molecule has 1 fully saturated rings. The van der Waals surface area contributed by atoms with Gasteiger partial charge in [-0.1, -0.05) is 23.7 Å². The van der Waals surface area contributed by atoms with E-state index in [0.29, 0.717) is 15.1 Å². The van der Waals surface area contributed by atoms with Crippen LogP contribution in [0.25, 0.3) is 0 Å². The van der Waals surface area contributed by atoms with Gasteiger partial charge >= 0.3 is 0 Å². The molecule has 0 unspecified atom stereocenters. The van der Waals surface area contributed by atoms with E-state index in [1.54, 1.807) is 30.6 Å². The lowest BCUT2D eigenvalue weighted by Crippen LogP contribution is -2.37. The Hall–Kier alpha value is -1.96. The summed E-state index contributed by atoms with van der Waals surface area (Å²) in [6, 6.07) is 11.6. The Labute approximate surface area is 176 Å². The fourth-order valence-corrected chi connectivity index (χ4v) is 5.39. The maximum absolute atomic E-state index is 12.6. The van der Waals surface area contributed by atoms with Crippen LogP contribution in [0.2, 0.25) is 4.34 Å². The first-order valence-electron chi connectivity index (χ1n) is 9.12. The number of amides is 1. The normalized spacial score (nSPS) is 15.0. The van der Waals surface area contributed by atoms with Crippen molar-refractivity contribution in [3.63, 3.8) is 0 Å². The van der Waals surface area contributed by atoms with Crippen LogP contribution in [-0.2, 0) is 6.42 Å². The van der Waals surface area contributed by atoms with Crippen molar-refractivity contribution in [1.29, 1.82) is 0 Å². The molecule has 0 saturated carbocycles. The lowest BCUT2D eigenvalue weighted by atomic mass is 9.97. The molecule has 28 heavy (non-hydrogen) atoms. The van der Waals surface area contributed by atoms with E-state index in [4.69, 9.17) is 16.3 Å². The van der Waals surface area contributed by atoms with Crippen molar-refractivity contribution in [3.8, 4) is 5.75 Å². The van der Waals surface area contributed by atoms with Crippen molar-refractivity contribution >= 4 is 40.2 Å². The van der Waals surface area contributed by atoms with Gasteiger partial charge in [-0.05, 0) is 42.7 Å². The number of benzene rings is 1. The summed E-state index contributed by atoms with van der Waals surface area (Å²) in [7, 11) is 1.67. The SMILES string of the molecule is COc1ccc(Cc2nnc(C3CCN(C(=O)c4ccc(Cl)s4)CC3)s2)cc1. The molecule has 2 aromatic heterocycles. The molecule has 0 radical (unpaired) electrons. The summed E-state index contributed by atoms with van der Waals surface area (Å²) < 4.78 is 5.85. The fourth-order valence-electron chi connectivity index (χ4n) is 3.34. The van der Waals surface area contributed by atoms with Crippen LogP contribution in [0.3, 0.4) is 0 Å². The maximum atomic E-state index is 12.6. The van der Waals surface area contributed by atoms with Crippen LogP contribution < -0.4 is 4.74 Å². The molecule has 3 heterocycles. The zero-order chi connectivity index (χ0) is 19.5. The third-order valence-electron chi connectivity index (χ3n) is 4.91. The lowest BCUT2D eigenvalue weighted by molar-refractivity contribution is 0.0718. The highest BCUT2D eigenvalue weighted by Gasteiger charge is 2.27. The highest BCUT2D eigenvalue weighted by molar-refractivity contribution is 7.18. The minimum Gasteiger partial charge on any atom is -0.497 e. The van der Waals surface area contributed by atoms with Crippen LogP contribution in [0.15, 0.2) is 36.4 Å². The third-order valence-corrected chi connectivity index (χ3v) is 7.22. The number of likely N-dealkylation sites (tertiary alicyclic amines) is 1. The molecule has 0 bridgehead atoms. The first-order valence-corrected chi connectivity index (χ1v) is 11.1. The molecular formula is C20H20ClN3O2S2. The summed E-state index contributed by atoms with van der Waals surface area (Å²) in [4.78, 5) is 15.2. The summed E-state index contributed by atoms with van der Waals surface area (Å²) in [5.74, 6) is 1.30. The van der Waals surface area contributed by atoms with Crippen molar-refractivity contribution in [1.82, 2.24) is 15.1 Å². The largest absolute Gasteiger partial charge is 0.497 e. The van der Waals surface area contributed by atoms with Gasteiger partial charge in [-0.15, -0.1) is 32.9 Å². The molecule has 1 aliphatic rings. The Morgan fingerprint density at radius 2 is 1.89 bits per heavy atom. The molecule has 4 rings (SSSR count). The second-order valence-corrected chi connectivity index (χ2v) is 9.54. The number of halogens is 1. The van der Waals surface area contributed by atoms with E-state index in [9.17, 15) is 4.79 Å². The zero-order valence-electron chi connectivity index (χ0n) is 15.4. The Kier molecular flexibility index (Phi) is 5.94. The molecule has 0 N–H and O–H groups in total. The summed E-state index contributed by atoms with van der Waals surface area (Å²) in [6.07, 6.45) is 2.61. The van der Waals surface area contributed by atoms with Crippen LogP contribution >= 0.6 is 34.3 Å². The number of carbonyl (C=O) groups excluding carboxylic acids is 1. The standard InChI is InChI=1S/C20H20ClN3O2S2/c1-26-15-4-2-13(3-5-15)12-18-22-23-19(28-18)14-8-10-24(11-9-14)20(25)16-6-7-17(21)27-16/h2-7,14H,8-12H2,1H3. The smallest absolute Gasteiger partial charge is 0.263 e. The van der Waals surface area contributed by atoms with Gasteiger partial charge in [0.05, 0.1) is 16.3 Å². The van der Waals surface area contributed by atoms with Crippen LogP contribution in [0.1, 0.15) is 44.0 Å². The quantitative estimate of drug-likeness (QED) is 0.575.